The van der Waals surface area contributed by atoms with Gasteiger partial charge in [0, 0.05) is 0 Å². The fourth-order valence-corrected chi connectivity index (χ4v) is 2.43. The molecule has 114 valence electrons. The van der Waals surface area contributed by atoms with Crippen molar-refractivity contribution < 1.29 is 9.84 Å². The van der Waals surface area contributed by atoms with E-state index in [1.165, 1.54) is 0 Å². The number of aliphatic hydroxyl groups excluding tert-OH is 1. The number of aliphatic hydroxyl groups is 1. The van der Waals surface area contributed by atoms with Gasteiger partial charge in [0.25, 0.3) is 0 Å². The van der Waals surface area contributed by atoms with Gasteiger partial charge >= 0.3 is 0 Å². The Morgan fingerprint density at radius 2 is 2.24 bits per heavy atom. The molecule has 0 saturated heterocycles. The highest BCUT2D eigenvalue weighted by atomic mass is 16.5. The third kappa shape index (κ3) is 3.55. The standard InChI is InChI=1S/C16H23N3O2/c1-3-4-7-12(10-20)18-16-15-11(9-14(17)19-16)6-5-8-13(15)21-2/h5-6,8-9,12,20H,3-4,7,10H2,1-2H3,(H3,17,18,19)/t12-/m1/s1. The van der Waals surface area contributed by atoms with Gasteiger partial charge in [0.05, 0.1) is 25.1 Å². The Balaban J connectivity index is 2.41. The summed E-state index contributed by atoms with van der Waals surface area (Å²) < 4.78 is 5.42. The molecule has 1 atom stereocenters. The molecular formula is C16H23N3O2. The van der Waals surface area contributed by atoms with Crippen LogP contribution in [0.3, 0.4) is 0 Å². The van der Waals surface area contributed by atoms with E-state index in [1.54, 1.807) is 7.11 Å². The minimum atomic E-state index is -0.0348. The number of fused-ring (bicyclic) bond motifs is 1. The molecule has 0 spiro atoms. The van der Waals surface area contributed by atoms with E-state index in [-0.39, 0.29) is 12.6 Å². The average Bonchev–Trinajstić information content (AvgIpc) is 2.50. The zero-order valence-electron chi connectivity index (χ0n) is 12.6. The van der Waals surface area contributed by atoms with Crippen molar-refractivity contribution in [3.05, 3.63) is 24.3 Å². The topological polar surface area (TPSA) is 80.4 Å². The molecule has 0 amide bonds. The molecule has 0 fully saturated rings. The average molecular weight is 289 g/mol. The lowest BCUT2D eigenvalue weighted by atomic mass is 10.1. The van der Waals surface area contributed by atoms with Gasteiger partial charge in [-0.2, -0.15) is 0 Å². The summed E-state index contributed by atoms with van der Waals surface area (Å²) in [6.45, 7) is 2.19. The van der Waals surface area contributed by atoms with E-state index < -0.39 is 0 Å². The van der Waals surface area contributed by atoms with Crippen LogP contribution in [0, 0.1) is 0 Å². The second-order valence-electron chi connectivity index (χ2n) is 5.12. The maximum atomic E-state index is 9.53. The third-order valence-electron chi connectivity index (χ3n) is 3.53. The number of nitrogens with one attached hydrogen (secondary N) is 1. The molecule has 1 heterocycles. The third-order valence-corrected chi connectivity index (χ3v) is 3.53. The predicted octanol–water partition coefficient (Wildman–Crippen LogP) is 2.79. The number of benzene rings is 1. The Morgan fingerprint density at radius 1 is 1.43 bits per heavy atom. The Hall–Kier alpha value is -2.01. The van der Waals surface area contributed by atoms with Crippen LogP contribution in [-0.2, 0) is 0 Å². The Bertz CT molecular complexity index is 601. The second-order valence-corrected chi connectivity index (χ2v) is 5.12. The van der Waals surface area contributed by atoms with Crippen LogP contribution in [0.2, 0.25) is 0 Å². The number of nitrogens with zero attached hydrogens (tertiary/aromatic N) is 1. The predicted molar refractivity (Wildman–Crippen MR) is 86.7 cm³/mol. The van der Waals surface area contributed by atoms with Gasteiger partial charge in [-0.15, -0.1) is 0 Å². The number of aromatic nitrogens is 1. The highest BCUT2D eigenvalue weighted by Crippen LogP contribution is 2.32. The molecule has 2 rings (SSSR count). The van der Waals surface area contributed by atoms with Crippen LogP contribution in [0.4, 0.5) is 11.6 Å². The minimum absolute atomic E-state index is 0.0348. The minimum Gasteiger partial charge on any atom is -0.496 e. The maximum absolute atomic E-state index is 9.53. The highest BCUT2D eigenvalue weighted by molar-refractivity contribution is 5.98. The molecule has 1 aromatic heterocycles. The highest BCUT2D eigenvalue weighted by Gasteiger charge is 2.14. The van der Waals surface area contributed by atoms with Crippen LogP contribution >= 0.6 is 0 Å². The van der Waals surface area contributed by atoms with E-state index >= 15 is 0 Å². The molecule has 0 radical (unpaired) electrons. The van der Waals surface area contributed by atoms with Crippen molar-refractivity contribution in [2.45, 2.75) is 32.2 Å². The molecule has 0 unspecified atom stereocenters. The zero-order chi connectivity index (χ0) is 15.2. The summed E-state index contributed by atoms with van der Waals surface area (Å²) in [4.78, 5) is 4.38. The summed E-state index contributed by atoms with van der Waals surface area (Å²) in [7, 11) is 1.63. The summed E-state index contributed by atoms with van der Waals surface area (Å²) in [5.74, 6) is 1.86. The van der Waals surface area contributed by atoms with Crippen molar-refractivity contribution in [2.75, 3.05) is 24.8 Å². The summed E-state index contributed by atoms with van der Waals surface area (Å²) in [5, 5.41) is 14.7. The lowest BCUT2D eigenvalue weighted by molar-refractivity contribution is 0.267. The first kappa shape index (κ1) is 15.4. The lowest BCUT2D eigenvalue weighted by Gasteiger charge is -2.19. The van der Waals surface area contributed by atoms with E-state index in [0.717, 1.165) is 35.8 Å². The number of hydrogen-bond donors (Lipinski definition) is 3. The number of nitrogens with two attached hydrogens (primary N) is 1. The van der Waals surface area contributed by atoms with Gasteiger partial charge in [0.2, 0.25) is 0 Å². The van der Waals surface area contributed by atoms with Crippen LogP contribution < -0.4 is 15.8 Å². The second kappa shape index (κ2) is 7.13. The van der Waals surface area contributed by atoms with Crippen molar-refractivity contribution in [1.29, 1.82) is 0 Å². The number of pyridine rings is 1. The van der Waals surface area contributed by atoms with Gasteiger partial charge in [0.15, 0.2) is 0 Å². The number of rotatable bonds is 7. The summed E-state index contributed by atoms with van der Waals surface area (Å²) >= 11 is 0. The van der Waals surface area contributed by atoms with Gasteiger partial charge in [-0.25, -0.2) is 4.98 Å². The SMILES string of the molecule is CCCC[C@H](CO)Nc1nc(N)cc2cccc(OC)c12. The van der Waals surface area contributed by atoms with Gasteiger partial charge in [-0.05, 0) is 23.9 Å². The van der Waals surface area contributed by atoms with Gasteiger partial charge in [-0.1, -0.05) is 31.9 Å². The molecule has 5 heteroatoms. The molecule has 0 aliphatic heterocycles. The molecule has 5 nitrogen and oxygen atoms in total. The molecule has 0 aliphatic carbocycles. The number of hydrogen-bond acceptors (Lipinski definition) is 5. The maximum Gasteiger partial charge on any atom is 0.140 e. The van der Waals surface area contributed by atoms with Crippen LogP contribution in [0.25, 0.3) is 10.8 Å². The first-order valence-electron chi connectivity index (χ1n) is 7.30. The molecule has 1 aromatic carbocycles. The quantitative estimate of drug-likeness (QED) is 0.730. The Morgan fingerprint density at radius 3 is 2.90 bits per heavy atom. The van der Waals surface area contributed by atoms with Crippen LogP contribution in [-0.4, -0.2) is 29.8 Å². The van der Waals surface area contributed by atoms with Crippen LogP contribution in [0.5, 0.6) is 5.75 Å². The lowest BCUT2D eigenvalue weighted by Crippen LogP contribution is -2.24. The van der Waals surface area contributed by atoms with E-state index in [1.807, 2.05) is 24.3 Å². The Kier molecular flexibility index (Phi) is 5.22. The smallest absolute Gasteiger partial charge is 0.140 e. The molecular weight excluding hydrogens is 266 g/mol. The number of ether oxygens (including phenoxy) is 1. The van der Waals surface area contributed by atoms with Crippen molar-refractivity contribution in [3.63, 3.8) is 0 Å². The molecule has 0 bridgehead atoms. The number of anilines is 2. The van der Waals surface area contributed by atoms with Gasteiger partial charge < -0.3 is 20.9 Å². The molecule has 0 aliphatic rings. The summed E-state index contributed by atoms with van der Waals surface area (Å²) in [6, 6.07) is 7.58. The van der Waals surface area contributed by atoms with Crippen molar-refractivity contribution in [2.24, 2.45) is 0 Å². The van der Waals surface area contributed by atoms with Gasteiger partial charge in [-0.3, -0.25) is 0 Å². The largest absolute Gasteiger partial charge is 0.496 e. The fraction of sp³-hybridized carbons (Fsp3) is 0.438. The molecule has 4 N–H and O–H groups in total. The van der Waals surface area contributed by atoms with Crippen LogP contribution in [0.1, 0.15) is 26.2 Å². The summed E-state index contributed by atoms with van der Waals surface area (Å²) in [5.41, 5.74) is 5.88. The Labute approximate surface area is 125 Å². The number of unbranched alkanes of at least 4 members (excludes halogenated alkanes) is 1. The van der Waals surface area contributed by atoms with E-state index in [4.69, 9.17) is 10.5 Å². The van der Waals surface area contributed by atoms with E-state index in [0.29, 0.717) is 11.6 Å². The monoisotopic (exact) mass is 289 g/mol. The molecule has 0 saturated carbocycles. The number of nitrogen functional groups attached to an aromatic ring is 1. The molecule has 21 heavy (non-hydrogen) atoms. The first-order chi connectivity index (χ1) is 10.2. The summed E-state index contributed by atoms with van der Waals surface area (Å²) in [6.07, 6.45) is 3.03. The first-order valence-corrected chi connectivity index (χ1v) is 7.30. The van der Waals surface area contributed by atoms with Crippen molar-refractivity contribution in [1.82, 2.24) is 4.98 Å². The fourth-order valence-electron chi connectivity index (χ4n) is 2.43. The zero-order valence-corrected chi connectivity index (χ0v) is 12.6. The number of methoxy groups -OCH3 is 1. The van der Waals surface area contributed by atoms with Crippen molar-refractivity contribution in [3.8, 4) is 5.75 Å². The molecule has 2 aromatic rings. The van der Waals surface area contributed by atoms with E-state index in [9.17, 15) is 5.11 Å². The van der Waals surface area contributed by atoms with Gasteiger partial charge in [0.1, 0.15) is 17.4 Å². The normalized spacial score (nSPS) is 12.3. The van der Waals surface area contributed by atoms with Crippen LogP contribution in [0.15, 0.2) is 24.3 Å². The van der Waals surface area contributed by atoms with Crippen molar-refractivity contribution >= 4 is 22.4 Å². The van der Waals surface area contributed by atoms with E-state index in [2.05, 4.69) is 17.2 Å².